The molecule has 0 aliphatic heterocycles. The minimum atomic E-state index is -0.779. The van der Waals surface area contributed by atoms with Crippen molar-refractivity contribution in [3.8, 4) is 5.75 Å². The van der Waals surface area contributed by atoms with Crippen LogP contribution in [0.2, 0.25) is 0 Å². The summed E-state index contributed by atoms with van der Waals surface area (Å²) in [6.07, 6.45) is 3.41. The summed E-state index contributed by atoms with van der Waals surface area (Å²) in [5, 5.41) is 13.9. The highest BCUT2D eigenvalue weighted by Gasteiger charge is 2.20. The fourth-order valence-corrected chi connectivity index (χ4v) is 2.82. The lowest BCUT2D eigenvalue weighted by molar-refractivity contribution is -0.136. The molecule has 23 heavy (non-hydrogen) atoms. The monoisotopic (exact) mass is 317 g/mol. The Balaban J connectivity index is 2.46. The third-order valence-electron chi connectivity index (χ3n) is 4.27. The number of allylic oxidation sites excluding steroid dienone is 2. The van der Waals surface area contributed by atoms with Gasteiger partial charge in [-0.2, -0.15) is 0 Å². The van der Waals surface area contributed by atoms with Crippen LogP contribution in [0.25, 0.3) is 11.0 Å². The fraction of sp³-hybridized carbons (Fsp3) is 0.444. The van der Waals surface area contributed by atoms with E-state index in [1.807, 2.05) is 27.7 Å². The minimum absolute atomic E-state index is 0.147. The topological polar surface area (TPSA) is 72.6 Å². The predicted molar refractivity (Wildman–Crippen MR) is 89.1 cm³/mol. The summed E-state index contributed by atoms with van der Waals surface area (Å²) in [4.78, 5) is 10.7. The Morgan fingerprint density at radius 3 is 2.57 bits per heavy atom. The maximum absolute atomic E-state index is 10.7. The molecule has 2 rings (SSSR count). The van der Waals surface area contributed by atoms with E-state index in [0.29, 0.717) is 12.8 Å². The average molecular weight is 317 g/mol. The lowest BCUT2D eigenvalue weighted by Gasteiger charge is -2.14. The maximum Gasteiger partial charge on any atom is 0.303 e. The van der Waals surface area contributed by atoms with Gasteiger partial charge in [0.05, 0.1) is 18.2 Å². The molecular formula is C18H23NO4. The number of hydrogen-bond donors (Lipinski definition) is 1. The van der Waals surface area contributed by atoms with E-state index in [2.05, 4.69) is 11.2 Å². The normalized spacial score (nSPS) is 12.0. The second-order valence-corrected chi connectivity index (χ2v) is 5.88. The Bertz CT molecular complexity index is 771. The third-order valence-corrected chi connectivity index (χ3v) is 4.27. The molecular weight excluding hydrogens is 294 g/mol. The van der Waals surface area contributed by atoms with Crippen LogP contribution in [-0.4, -0.2) is 23.3 Å². The number of aryl methyl sites for hydroxylation is 2. The van der Waals surface area contributed by atoms with Crippen molar-refractivity contribution in [2.75, 3.05) is 7.11 Å². The zero-order valence-electron chi connectivity index (χ0n) is 14.3. The first kappa shape index (κ1) is 17.1. The van der Waals surface area contributed by atoms with Crippen molar-refractivity contribution in [3.05, 3.63) is 34.0 Å². The number of rotatable bonds is 6. The van der Waals surface area contributed by atoms with Gasteiger partial charge in [-0.1, -0.05) is 16.8 Å². The Morgan fingerprint density at radius 1 is 1.26 bits per heavy atom. The standard InChI is InChI=1S/C18H23NO4/c1-10(7-9-15(20)21)6-8-14-16-13(4)19-23-18(16)12(3)11(2)17(14)22-5/h6H,7-9H2,1-5H3,(H,20,21)/b10-6+. The first-order chi connectivity index (χ1) is 10.9. The molecule has 0 bridgehead atoms. The predicted octanol–water partition coefficient (Wildman–Crippen LogP) is 4.12. The summed E-state index contributed by atoms with van der Waals surface area (Å²) >= 11 is 0. The van der Waals surface area contributed by atoms with Gasteiger partial charge < -0.3 is 14.4 Å². The van der Waals surface area contributed by atoms with Gasteiger partial charge in [0.2, 0.25) is 0 Å². The quantitative estimate of drug-likeness (QED) is 0.811. The van der Waals surface area contributed by atoms with E-state index in [9.17, 15) is 4.79 Å². The van der Waals surface area contributed by atoms with Crippen LogP contribution in [0, 0.1) is 20.8 Å². The van der Waals surface area contributed by atoms with Gasteiger partial charge in [-0.05, 0) is 46.1 Å². The molecule has 0 aliphatic rings. The molecule has 124 valence electrons. The van der Waals surface area contributed by atoms with Crippen LogP contribution in [0.3, 0.4) is 0 Å². The molecule has 0 fully saturated rings. The Labute approximate surface area is 135 Å². The van der Waals surface area contributed by atoms with Crippen LogP contribution in [0.4, 0.5) is 0 Å². The van der Waals surface area contributed by atoms with E-state index in [4.69, 9.17) is 14.4 Å². The van der Waals surface area contributed by atoms with Crippen LogP contribution in [0.5, 0.6) is 5.75 Å². The lowest BCUT2D eigenvalue weighted by Crippen LogP contribution is -1.99. The van der Waals surface area contributed by atoms with Gasteiger partial charge in [0.25, 0.3) is 0 Å². The summed E-state index contributed by atoms with van der Waals surface area (Å²) in [5.41, 5.74) is 5.81. The first-order valence-corrected chi connectivity index (χ1v) is 7.66. The summed E-state index contributed by atoms with van der Waals surface area (Å²) in [6, 6.07) is 0. The van der Waals surface area contributed by atoms with Gasteiger partial charge in [0.1, 0.15) is 5.75 Å². The number of hydrogen-bond acceptors (Lipinski definition) is 4. The summed E-state index contributed by atoms with van der Waals surface area (Å²) in [7, 11) is 1.67. The number of aliphatic carboxylic acids is 1. The molecule has 1 heterocycles. The Kier molecular flexibility index (Phi) is 5.08. The number of carboxylic acid groups (broad SMARTS) is 1. The van der Waals surface area contributed by atoms with E-state index in [1.165, 1.54) is 0 Å². The molecule has 0 saturated heterocycles. The number of aromatic nitrogens is 1. The molecule has 0 unspecified atom stereocenters. The van der Waals surface area contributed by atoms with E-state index in [-0.39, 0.29) is 6.42 Å². The number of carboxylic acids is 1. The summed E-state index contributed by atoms with van der Waals surface area (Å²) in [5.74, 6) is 0.0716. The van der Waals surface area contributed by atoms with Crippen LogP contribution in [0.1, 0.15) is 42.1 Å². The number of fused-ring (bicyclic) bond motifs is 1. The minimum Gasteiger partial charge on any atom is -0.496 e. The maximum atomic E-state index is 10.7. The molecule has 0 amide bonds. The van der Waals surface area contributed by atoms with E-state index in [1.54, 1.807) is 7.11 Å². The fourth-order valence-electron chi connectivity index (χ4n) is 2.82. The van der Waals surface area contributed by atoms with Gasteiger partial charge in [-0.25, -0.2) is 0 Å². The molecule has 0 atom stereocenters. The highest BCUT2D eigenvalue weighted by Crippen LogP contribution is 2.37. The number of benzene rings is 1. The van der Waals surface area contributed by atoms with Gasteiger partial charge in [0.15, 0.2) is 5.58 Å². The molecule has 0 spiro atoms. The Morgan fingerprint density at radius 2 is 1.96 bits per heavy atom. The van der Waals surface area contributed by atoms with Gasteiger partial charge in [0, 0.05) is 17.5 Å². The van der Waals surface area contributed by atoms with Gasteiger partial charge in [-0.3, -0.25) is 4.79 Å². The number of carbonyl (C=O) groups is 1. The van der Waals surface area contributed by atoms with Crippen molar-refractivity contribution in [2.45, 2.75) is 47.0 Å². The highest BCUT2D eigenvalue weighted by molar-refractivity contribution is 5.89. The lowest BCUT2D eigenvalue weighted by atomic mass is 9.95. The molecule has 0 aliphatic carbocycles. The molecule has 5 heteroatoms. The molecule has 1 N–H and O–H groups in total. The number of methoxy groups -OCH3 is 1. The molecule has 0 saturated carbocycles. The first-order valence-electron chi connectivity index (χ1n) is 7.66. The average Bonchev–Trinajstić information content (AvgIpc) is 2.89. The molecule has 1 aromatic carbocycles. The van der Waals surface area contributed by atoms with Crippen molar-refractivity contribution in [3.63, 3.8) is 0 Å². The third kappa shape index (κ3) is 3.38. The van der Waals surface area contributed by atoms with Crippen molar-refractivity contribution >= 4 is 16.9 Å². The van der Waals surface area contributed by atoms with Crippen LogP contribution in [0.15, 0.2) is 16.2 Å². The molecule has 2 aromatic rings. The van der Waals surface area contributed by atoms with Crippen molar-refractivity contribution in [1.29, 1.82) is 0 Å². The smallest absolute Gasteiger partial charge is 0.303 e. The van der Waals surface area contributed by atoms with Gasteiger partial charge in [-0.15, -0.1) is 0 Å². The van der Waals surface area contributed by atoms with Crippen LogP contribution >= 0.6 is 0 Å². The Hall–Kier alpha value is -2.30. The van der Waals surface area contributed by atoms with Crippen LogP contribution < -0.4 is 4.74 Å². The zero-order chi connectivity index (χ0) is 17.1. The van der Waals surface area contributed by atoms with Crippen LogP contribution in [-0.2, 0) is 11.2 Å². The van der Waals surface area contributed by atoms with E-state index in [0.717, 1.165) is 44.7 Å². The second-order valence-electron chi connectivity index (χ2n) is 5.88. The number of nitrogens with zero attached hydrogens (tertiary/aromatic N) is 1. The molecule has 0 radical (unpaired) electrons. The highest BCUT2D eigenvalue weighted by atomic mass is 16.5. The van der Waals surface area contributed by atoms with Gasteiger partial charge >= 0.3 is 5.97 Å². The van der Waals surface area contributed by atoms with E-state index >= 15 is 0 Å². The SMILES string of the molecule is COc1c(C)c(C)c2onc(C)c2c1C/C=C(\C)CCC(=O)O. The summed E-state index contributed by atoms with van der Waals surface area (Å²) in [6.45, 7) is 7.89. The van der Waals surface area contributed by atoms with Crippen molar-refractivity contribution in [2.24, 2.45) is 0 Å². The van der Waals surface area contributed by atoms with E-state index < -0.39 is 5.97 Å². The molecule has 1 aromatic heterocycles. The van der Waals surface area contributed by atoms with Crippen molar-refractivity contribution in [1.82, 2.24) is 5.16 Å². The largest absolute Gasteiger partial charge is 0.496 e. The number of ether oxygens (including phenoxy) is 1. The molecule has 5 nitrogen and oxygen atoms in total. The second kappa shape index (κ2) is 6.86. The summed E-state index contributed by atoms with van der Waals surface area (Å²) < 4.78 is 11.1. The van der Waals surface area contributed by atoms with Crippen molar-refractivity contribution < 1.29 is 19.2 Å². The zero-order valence-corrected chi connectivity index (χ0v) is 14.3.